The van der Waals surface area contributed by atoms with Gasteiger partial charge in [0, 0.05) is 12.6 Å². The topological polar surface area (TPSA) is 32.3 Å². The number of hydrogen-bond acceptors (Lipinski definition) is 2. The highest BCUT2D eigenvalue weighted by Gasteiger charge is 2.42. The molecule has 2 fully saturated rings. The summed E-state index contributed by atoms with van der Waals surface area (Å²) in [6.07, 6.45) is 6.61. The minimum Gasteiger partial charge on any atom is -0.396 e. The third-order valence-electron chi connectivity index (χ3n) is 4.82. The minimum absolute atomic E-state index is 0.387. The molecule has 0 aromatic heterocycles. The second-order valence-corrected chi connectivity index (χ2v) is 5.92. The van der Waals surface area contributed by atoms with E-state index in [2.05, 4.69) is 19.2 Å². The van der Waals surface area contributed by atoms with Gasteiger partial charge in [0.05, 0.1) is 0 Å². The van der Waals surface area contributed by atoms with Crippen LogP contribution in [0.2, 0.25) is 0 Å². The van der Waals surface area contributed by atoms with Crippen molar-refractivity contribution in [2.24, 2.45) is 17.3 Å². The highest BCUT2D eigenvalue weighted by atomic mass is 16.3. The van der Waals surface area contributed by atoms with Crippen LogP contribution in [-0.4, -0.2) is 24.3 Å². The van der Waals surface area contributed by atoms with Crippen molar-refractivity contribution in [2.45, 2.75) is 52.0 Å². The Morgan fingerprint density at radius 1 is 1.33 bits per heavy atom. The Morgan fingerprint density at radius 3 is 2.60 bits per heavy atom. The van der Waals surface area contributed by atoms with Gasteiger partial charge in [-0.3, -0.25) is 0 Å². The van der Waals surface area contributed by atoms with Gasteiger partial charge < -0.3 is 10.4 Å². The summed E-state index contributed by atoms with van der Waals surface area (Å²) in [5.74, 6) is 1.29. The summed E-state index contributed by atoms with van der Waals surface area (Å²) in [5.41, 5.74) is 0.577. The van der Waals surface area contributed by atoms with Gasteiger partial charge in [-0.1, -0.05) is 13.3 Å². The smallest absolute Gasteiger partial charge is 0.0462 e. The lowest BCUT2D eigenvalue weighted by atomic mass is 9.95. The van der Waals surface area contributed by atoms with Crippen LogP contribution in [0.1, 0.15) is 46.0 Å². The van der Waals surface area contributed by atoms with E-state index >= 15 is 0 Å². The maximum atomic E-state index is 9.25. The lowest BCUT2D eigenvalue weighted by Gasteiger charge is -2.24. The highest BCUT2D eigenvalue weighted by molar-refractivity contribution is 4.97. The lowest BCUT2D eigenvalue weighted by Crippen LogP contribution is -2.37. The van der Waals surface area contributed by atoms with Crippen LogP contribution in [0.15, 0.2) is 0 Å². The van der Waals surface area contributed by atoms with E-state index in [4.69, 9.17) is 0 Å². The van der Waals surface area contributed by atoms with E-state index in [9.17, 15) is 5.11 Å². The van der Waals surface area contributed by atoms with E-state index in [-0.39, 0.29) is 0 Å². The zero-order valence-electron chi connectivity index (χ0n) is 10.1. The first-order valence-corrected chi connectivity index (χ1v) is 6.50. The molecule has 2 aliphatic carbocycles. The predicted molar refractivity (Wildman–Crippen MR) is 62.7 cm³/mol. The predicted octanol–water partition coefficient (Wildman–Crippen LogP) is 2.17. The molecule has 0 heterocycles. The van der Waals surface area contributed by atoms with Crippen molar-refractivity contribution in [3.05, 3.63) is 0 Å². The van der Waals surface area contributed by atoms with Gasteiger partial charge in [0.15, 0.2) is 0 Å². The maximum absolute atomic E-state index is 9.25. The Balaban J connectivity index is 1.72. The van der Waals surface area contributed by atoms with Gasteiger partial charge in [-0.05, 0) is 56.4 Å². The Labute approximate surface area is 93.5 Å². The van der Waals surface area contributed by atoms with E-state index in [0.29, 0.717) is 24.0 Å². The molecule has 2 N–H and O–H groups in total. The standard InChI is InChI=1S/C13H25NO/c1-10(13(2)6-7-13)14-8-11-4-3-5-12(11)9-15/h10-12,14-15H,3-9H2,1-2H3. The van der Waals surface area contributed by atoms with E-state index < -0.39 is 0 Å². The molecule has 2 rings (SSSR count). The Morgan fingerprint density at radius 2 is 2.00 bits per heavy atom. The van der Waals surface area contributed by atoms with Crippen molar-refractivity contribution >= 4 is 0 Å². The van der Waals surface area contributed by atoms with E-state index in [1.807, 2.05) is 0 Å². The number of rotatable bonds is 5. The van der Waals surface area contributed by atoms with Crippen LogP contribution in [0.25, 0.3) is 0 Å². The Kier molecular flexibility index (Phi) is 3.36. The summed E-state index contributed by atoms with van der Waals surface area (Å²) in [6.45, 7) is 6.19. The average Bonchev–Trinajstić information content (AvgIpc) is 2.83. The lowest BCUT2D eigenvalue weighted by molar-refractivity contribution is 0.187. The van der Waals surface area contributed by atoms with Crippen molar-refractivity contribution in [3.8, 4) is 0 Å². The Hall–Kier alpha value is -0.0800. The maximum Gasteiger partial charge on any atom is 0.0462 e. The van der Waals surface area contributed by atoms with Gasteiger partial charge in [-0.25, -0.2) is 0 Å². The highest BCUT2D eigenvalue weighted by Crippen LogP contribution is 2.48. The van der Waals surface area contributed by atoms with E-state index in [0.717, 1.165) is 12.5 Å². The summed E-state index contributed by atoms with van der Waals surface area (Å²) in [4.78, 5) is 0. The molecule has 2 saturated carbocycles. The third kappa shape index (κ3) is 2.54. The molecule has 0 aromatic rings. The first-order valence-electron chi connectivity index (χ1n) is 6.50. The van der Waals surface area contributed by atoms with E-state index in [1.54, 1.807) is 0 Å². The van der Waals surface area contributed by atoms with Crippen molar-refractivity contribution in [1.82, 2.24) is 5.32 Å². The largest absolute Gasteiger partial charge is 0.396 e. The molecule has 88 valence electrons. The van der Waals surface area contributed by atoms with Crippen LogP contribution in [0.4, 0.5) is 0 Å². The second-order valence-electron chi connectivity index (χ2n) is 5.92. The Bertz CT molecular complexity index is 213. The van der Waals surface area contributed by atoms with Crippen molar-refractivity contribution < 1.29 is 5.11 Å². The molecule has 0 radical (unpaired) electrons. The second kappa shape index (κ2) is 4.42. The number of aliphatic hydroxyl groups is 1. The average molecular weight is 211 g/mol. The molecule has 3 unspecified atom stereocenters. The van der Waals surface area contributed by atoms with Crippen molar-refractivity contribution in [3.63, 3.8) is 0 Å². The first kappa shape index (κ1) is 11.4. The van der Waals surface area contributed by atoms with Crippen LogP contribution in [-0.2, 0) is 0 Å². The summed E-state index contributed by atoms with van der Waals surface area (Å²) in [5, 5.41) is 12.9. The summed E-state index contributed by atoms with van der Waals surface area (Å²) in [6, 6.07) is 0.650. The van der Waals surface area contributed by atoms with Crippen LogP contribution in [0.3, 0.4) is 0 Å². The monoisotopic (exact) mass is 211 g/mol. The van der Waals surface area contributed by atoms with Crippen molar-refractivity contribution in [1.29, 1.82) is 0 Å². The molecular weight excluding hydrogens is 186 g/mol. The molecule has 0 bridgehead atoms. The third-order valence-corrected chi connectivity index (χ3v) is 4.82. The summed E-state index contributed by atoms with van der Waals surface area (Å²) < 4.78 is 0. The first-order chi connectivity index (χ1) is 7.15. The molecule has 15 heavy (non-hydrogen) atoms. The minimum atomic E-state index is 0.387. The molecular formula is C13H25NO. The fraction of sp³-hybridized carbons (Fsp3) is 1.00. The molecule has 2 heteroatoms. The van der Waals surface area contributed by atoms with Crippen LogP contribution in [0, 0.1) is 17.3 Å². The molecule has 0 aromatic carbocycles. The molecule has 0 spiro atoms. The normalized spacial score (nSPS) is 35.4. The van der Waals surface area contributed by atoms with Gasteiger partial charge in [0.2, 0.25) is 0 Å². The fourth-order valence-corrected chi connectivity index (χ4v) is 2.83. The van der Waals surface area contributed by atoms with Crippen LogP contribution in [0.5, 0.6) is 0 Å². The number of hydrogen-bond donors (Lipinski definition) is 2. The van der Waals surface area contributed by atoms with Gasteiger partial charge in [0.1, 0.15) is 0 Å². The number of nitrogens with one attached hydrogen (secondary N) is 1. The van der Waals surface area contributed by atoms with Crippen LogP contribution < -0.4 is 5.32 Å². The van der Waals surface area contributed by atoms with Crippen molar-refractivity contribution in [2.75, 3.05) is 13.2 Å². The summed E-state index contributed by atoms with van der Waals surface area (Å²) in [7, 11) is 0. The SMILES string of the molecule is CC(NCC1CCCC1CO)C1(C)CC1. The fourth-order valence-electron chi connectivity index (χ4n) is 2.83. The van der Waals surface area contributed by atoms with E-state index in [1.165, 1.54) is 32.1 Å². The molecule has 2 nitrogen and oxygen atoms in total. The molecule has 0 aliphatic heterocycles. The zero-order chi connectivity index (χ0) is 10.9. The molecule has 0 saturated heterocycles. The number of aliphatic hydroxyl groups excluding tert-OH is 1. The van der Waals surface area contributed by atoms with Gasteiger partial charge in [0.25, 0.3) is 0 Å². The van der Waals surface area contributed by atoms with Gasteiger partial charge >= 0.3 is 0 Å². The van der Waals surface area contributed by atoms with Crippen LogP contribution >= 0.6 is 0 Å². The zero-order valence-corrected chi connectivity index (χ0v) is 10.1. The molecule has 2 aliphatic rings. The molecule has 0 amide bonds. The summed E-state index contributed by atoms with van der Waals surface area (Å²) >= 11 is 0. The van der Waals surface area contributed by atoms with Gasteiger partial charge in [-0.2, -0.15) is 0 Å². The quantitative estimate of drug-likeness (QED) is 0.730. The van der Waals surface area contributed by atoms with Gasteiger partial charge in [-0.15, -0.1) is 0 Å². The molecule has 3 atom stereocenters.